The van der Waals surface area contributed by atoms with Crippen LogP contribution in [0, 0.1) is 0 Å². The second-order valence-electron chi connectivity index (χ2n) is 5.50. The number of alkyl halides is 2. The lowest BCUT2D eigenvalue weighted by atomic mass is 10.1. The minimum absolute atomic E-state index is 0.149. The Morgan fingerprint density at radius 2 is 2.04 bits per heavy atom. The quantitative estimate of drug-likeness (QED) is 0.723. The lowest BCUT2D eigenvalue weighted by Gasteiger charge is -2.26. The summed E-state index contributed by atoms with van der Waals surface area (Å²) in [5.41, 5.74) is 0.630. The van der Waals surface area contributed by atoms with Gasteiger partial charge in [-0.25, -0.2) is 0 Å². The molecule has 2 rings (SSSR count). The van der Waals surface area contributed by atoms with Crippen molar-refractivity contribution >= 4 is 21.8 Å². The lowest BCUT2D eigenvalue weighted by Crippen LogP contribution is -2.37. The Kier molecular flexibility index (Phi) is 7.23. The van der Waals surface area contributed by atoms with Gasteiger partial charge in [-0.15, -0.1) is 0 Å². The molecule has 7 heteroatoms. The topological polar surface area (TPSA) is 41.6 Å². The molecular weight excluding hydrogens is 370 g/mol. The molecule has 1 aliphatic rings. The fourth-order valence-corrected chi connectivity index (χ4v) is 3.03. The number of carbonyl (C=O) groups excluding carboxylic acids is 1. The number of carbonyl (C=O) groups is 1. The molecule has 0 atom stereocenters. The van der Waals surface area contributed by atoms with E-state index in [-0.39, 0.29) is 11.7 Å². The molecule has 4 nitrogen and oxygen atoms in total. The molecule has 0 spiro atoms. The van der Waals surface area contributed by atoms with E-state index in [0.29, 0.717) is 25.1 Å². The van der Waals surface area contributed by atoms with E-state index in [2.05, 4.69) is 26.0 Å². The van der Waals surface area contributed by atoms with Crippen LogP contribution in [-0.4, -0.2) is 37.1 Å². The molecule has 1 heterocycles. The van der Waals surface area contributed by atoms with Gasteiger partial charge >= 0.3 is 6.61 Å². The van der Waals surface area contributed by atoms with Crippen LogP contribution in [0.1, 0.15) is 31.2 Å². The first-order chi connectivity index (χ1) is 11.1. The highest BCUT2D eigenvalue weighted by molar-refractivity contribution is 9.10. The van der Waals surface area contributed by atoms with Crippen molar-refractivity contribution in [2.24, 2.45) is 0 Å². The van der Waals surface area contributed by atoms with E-state index in [0.717, 1.165) is 30.4 Å². The standard InChI is InChI=1S/C16H21BrF2N2O2/c17-13-4-5-14(23-16(18)19)12(10-13)11-20-7-6-15(22)21-8-2-1-3-9-21/h4-5,10,16,20H,1-3,6-9,11H2. The predicted molar refractivity (Wildman–Crippen MR) is 87.5 cm³/mol. The molecule has 0 radical (unpaired) electrons. The molecule has 1 N–H and O–H groups in total. The maximum absolute atomic E-state index is 12.4. The number of nitrogens with zero attached hydrogens (tertiary/aromatic N) is 1. The van der Waals surface area contributed by atoms with Crippen molar-refractivity contribution in [2.45, 2.75) is 38.8 Å². The number of rotatable bonds is 7. The van der Waals surface area contributed by atoms with E-state index >= 15 is 0 Å². The number of ether oxygens (including phenoxy) is 1. The average molecular weight is 391 g/mol. The van der Waals surface area contributed by atoms with Crippen molar-refractivity contribution in [3.63, 3.8) is 0 Å². The molecule has 1 aromatic rings. The second-order valence-corrected chi connectivity index (χ2v) is 6.41. The molecule has 0 bridgehead atoms. The van der Waals surface area contributed by atoms with Crippen LogP contribution in [0.2, 0.25) is 0 Å². The van der Waals surface area contributed by atoms with Crippen molar-refractivity contribution in [1.29, 1.82) is 0 Å². The number of hydrogen-bond donors (Lipinski definition) is 1. The van der Waals surface area contributed by atoms with Gasteiger partial charge in [0.2, 0.25) is 5.91 Å². The highest BCUT2D eigenvalue weighted by atomic mass is 79.9. The zero-order valence-electron chi connectivity index (χ0n) is 12.9. The number of likely N-dealkylation sites (tertiary alicyclic amines) is 1. The molecule has 1 fully saturated rings. The molecule has 1 aliphatic heterocycles. The van der Waals surface area contributed by atoms with Crippen LogP contribution >= 0.6 is 15.9 Å². The summed E-state index contributed by atoms with van der Waals surface area (Å²) >= 11 is 3.32. The van der Waals surface area contributed by atoms with Gasteiger partial charge in [-0.1, -0.05) is 15.9 Å². The molecular formula is C16H21BrF2N2O2. The summed E-state index contributed by atoms with van der Waals surface area (Å²) in [6, 6.07) is 4.89. The van der Waals surface area contributed by atoms with Crippen LogP contribution in [0.5, 0.6) is 5.75 Å². The number of nitrogens with one attached hydrogen (secondary N) is 1. The van der Waals surface area contributed by atoms with Crippen LogP contribution < -0.4 is 10.1 Å². The van der Waals surface area contributed by atoms with Gasteiger partial charge in [-0.05, 0) is 37.5 Å². The van der Waals surface area contributed by atoms with Crippen molar-refractivity contribution < 1.29 is 18.3 Å². The normalized spacial score (nSPS) is 15.0. The molecule has 1 saturated heterocycles. The first-order valence-corrected chi connectivity index (χ1v) is 8.57. The average Bonchev–Trinajstić information content (AvgIpc) is 2.54. The van der Waals surface area contributed by atoms with Crippen molar-refractivity contribution in [3.8, 4) is 5.75 Å². The SMILES string of the molecule is O=C(CCNCc1cc(Br)ccc1OC(F)F)N1CCCCC1. The third-order valence-corrected chi connectivity index (χ3v) is 4.27. The van der Waals surface area contributed by atoms with Gasteiger partial charge in [0, 0.05) is 42.6 Å². The second kappa shape index (κ2) is 9.17. The maximum Gasteiger partial charge on any atom is 0.387 e. The summed E-state index contributed by atoms with van der Waals surface area (Å²) in [6.07, 6.45) is 3.76. The molecule has 1 aromatic carbocycles. The Balaban J connectivity index is 1.79. The number of benzene rings is 1. The van der Waals surface area contributed by atoms with E-state index in [1.54, 1.807) is 12.1 Å². The number of halogens is 3. The third kappa shape index (κ3) is 6.06. The van der Waals surface area contributed by atoms with E-state index < -0.39 is 6.61 Å². The van der Waals surface area contributed by atoms with E-state index in [1.807, 2.05) is 4.90 Å². The van der Waals surface area contributed by atoms with Crippen LogP contribution in [0.4, 0.5) is 8.78 Å². The van der Waals surface area contributed by atoms with Gasteiger partial charge < -0.3 is 15.0 Å². The number of amides is 1. The van der Waals surface area contributed by atoms with Gasteiger partial charge in [-0.2, -0.15) is 8.78 Å². The molecule has 0 unspecified atom stereocenters. The van der Waals surface area contributed by atoms with Gasteiger partial charge in [0.15, 0.2) is 0 Å². The first-order valence-electron chi connectivity index (χ1n) is 7.78. The van der Waals surface area contributed by atoms with Crippen LogP contribution in [0.25, 0.3) is 0 Å². The molecule has 1 amide bonds. The fourth-order valence-electron chi connectivity index (χ4n) is 2.62. The van der Waals surface area contributed by atoms with Crippen LogP contribution in [0.15, 0.2) is 22.7 Å². The number of hydrogen-bond acceptors (Lipinski definition) is 3. The molecule has 0 saturated carbocycles. The minimum Gasteiger partial charge on any atom is -0.434 e. The summed E-state index contributed by atoms with van der Waals surface area (Å²) in [4.78, 5) is 13.9. The van der Waals surface area contributed by atoms with Gasteiger partial charge in [-0.3, -0.25) is 4.79 Å². The van der Waals surface area contributed by atoms with Crippen molar-refractivity contribution in [3.05, 3.63) is 28.2 Å². The monoisotopic (exact) mass is 390 g/mol. The Bertz CT molecular complexity index is 523. The lowest BCUT2D eigenvalue weighted by molar-refractivity contribution is -0.131. The Labute approximate surface area is 143 Å². The Hall–Kier alpha value is -1.21. The minimum atomic E-state index is -2.85. The molecule has 0 aliphatic carbocycles. The molecule has 23 heavy (non-hydrogen) atoms. The summed E-state index contributed by atoms with van der Waals surface area (Å²) in [5, 5.41) is 3.12. The molecule has 128 valence electrons. The van der Waals surface area contributed by atoms with Gasteiger partial charge in [0.05, 0.1) is 0 Å². The van der Waals surface area contributed by atoms with Gasteiger partial charge in [0.25, 0.3) is 0 Å². The third-order valence-electron chi connectivity index (χ3n) is 3.78. The Morgan fingerprint density at radius 1 is 1.30 bits per heavy atom. The zero-order valence-corrected chi connectivity index (χ0v) is 14.4. The smallest absolute Gasteiger partial charge is 0.387 e. The van der Waals surface area contributed by atoms with E-state index in [1.165, 1.54) is 12.5 Å². The highest BCUT2D eigenvalue weighted by Gasteiger charge is 2.16. The zero-order chi connectivity index (χ0) is 16.7. The van der Waals surface area contributed by atoms with Crippen LogP contribution in [-0.2, 0) is 11.3 Å². The van der Waals surface area contributed by atoms with Crippen LogP contribution in [0.3, 0.4) is 0 Å². The van der Waals surface area contributed by atoms with E-state index in [9.17, 15) is 13.6 Å². The summed E-state index contributed by atoms with van der Waals surface area (Å²) < 4.78 is 30.1. The van der Waals surface area contributed by atoms with Gasteiger partial charge in [0.1, 0.15) is 5.75 Å². The van der Waals surface area contributed by atoms with Crippen molar-refractivity contribution in [2.75, 3.05) is 19.6 Å². The Morgan fingerprint density at radius 3 is 2.74 bits per heavy atom. The predicted octanol–water partition coefficient (Wildman–Crippen LogP) is 3.54. The maximum atomic E-state index is 12.4. The van der Waals surface area contributed by atoms with Crippen molar-refractivity contribution in [1.82, 2.24) is 10.2 Å². The highest BCUT2D eigenvalue weighted by Crippen LogP contribution is 2.24. The summed E-state index contributed by atoms with van der Waals surface area (Å²) in [5.74, 6) is 0.300. The summed E-state index contributed by atoms with van der Waals surface area (Å²) in [6.45, 7) is -0.283. The first kappa shape index (κ1) is 18.1. The molecule has 0 aromatic heterocycles. The summed E-state index contributed by atoms with van der Waals surface area (Å²) in [7, 11) is 0. The van der Waals surface area contributed by atoms with E-state index in [4.69, 9.17) is 0 Å². The number of piperidine rings is 1. The largest absolute Gasteiger partial charge is 0.434 e. The fraction of sp³-hybridized carbons (Fsp3) is 0.562.